The lowest BCUT2D eigenvalue weighted by atomic mass is 9.85. The molecule has 0 fully saturated rings. The highest BCUT2D eigenvalue weighted by atomic mass is 16.5. The van der Waals surface area contributed by atoms with E-state index in [1.165, 1.54) is 36.4 Å². The highest BCUT2D eigenvalue weighted by Crippen LogP contribution is 2.47. The Balaban J connectivity index is 1.07. The highest BCUT2D eigenvalue weighted by Gasteiger charge is 2.28. The van der Waals surface area contributed by atoms with Crippen LogP contribution in [0, 0.1) is 33.7 Å². The summed E-state index contributed by atoms with van der Waals surface area (Å²) in [5, 5.41) is 2.11. The highest BCUT2D eigenvalue weighted by molar-refractivity contribution is 6.09. The molecular weight excluding hydrogens is 889 g/mol. The van der Waals surface area contributed by atoms with Crippen LogP contribution in [0.2, 0.25) is 0 Å². The Kier molecular flexibility index (Phi) is 7.64. The Morgan fingerprint density at radius 3 is 1.89 bits per heavy atom. The van der Waals surface area contributed by atoms with Gasteiger partial charge in [0.2, 0.25) is 0 Å². The fraction of sp³-hybridized carbons (Fsp3) is 0.118. The fourth-order valence-corrected chi connectivity index (χ4v) is 10.8. The first-order chi connectivity index (χ1) is 40.3. The van der Waals surface area contributed by atoms with E-state index in [0.717, 1.165) is 49.9 Å². The molecule has 1 aliphatic heterocycles. The maximum Gasteiger partial charge on any atom is 0.269 e. The summed E-state index contributed by atoms with van der Waals surface area (Å²) >= 11 is 0. The van der Waals surface area contributed by atoms with E-state index in [1.54, 1.807) is 24.3 Å². The average Bonchev–Trinajstić information content (AvgIpc) is 2.14. The second-order valence-corrected chi connectivity index (χ2v) is 19.7. The van der Waals surface area contributed by atoms with Crippen LogP contribution in [-0.2, 0) is 5.41 Å². The number of imidazole rings is 1. The summed E-state index contributed by atoms with van der Waals surface area (Å²) in [6.07, 6.45) is 5.55. The smallest absolute Gasteiger partial charge is 0.269 e. The van der Waals surface area contributed by atoms with E-state index in [0.29, 0.717) is 56.2 Å². The number of aryl methyl sites for hydroxylation is 4. The molecule has 5 nitrogen and oxygen atoms in total. The first-order valence-electron chi connectivity index (χ1n) is 30.3. The Morgan fingerprint density at radius 1 is 0.493 bits per heavy atom. The van der Waals surface area contributed by atoms with E-state index in [1.807, 2.05) is 118 Å². The van der Waals surface area contributed by atoms with Crippen molar-refractivity contribution in [3.8, 4) is 84.3 Å². The van der Waals surface area contributed by atoms with Gasteiger partial charge in [0.25, 0.3) is 6.33 Å². The van der Waals surface area contributed by atoms with E-state index < -0.39 is 27.4 Å². The number of pyridine rings is 1. The lowest BCUT2D eigenvalue weighted by Crippen LogP contribution is -2.32. The van der Waals surface area contributed by atoms with Crippen molar-refractivity contribution < 1.29 is 25.8 Å². The maximum atomic E-state index is 8.90. The molecule has 0 unspecified atom stereocenters. The Hall–Kier alpha value is -8.80. The van der Waals surface area contributed by atoms with Crippen LogP contribution >= 0.6 is 0 Å². The van der Waals surface area contributed by atoms with Crippen molar-refractivity contribution in [3.63, 3.8) is 0 Å². The van der Waals surface area contributed by atoms with Crippen LogP contribution in [0.4, 0.5) is 0 Å². The second-order valence-electron chi connectivity index (χ2n) is 19.7. The lowest BCUT2D eigenvalue weighted by molar-refractivity contribution is -0.570. The van der Waals surface area contributed by atoms with Gasteiger partial charge in [-0.15, -0.1) is 0 Å². The molecule has 352 valence electrons. The number of nitrogens with zero attached hydrogens (tertiary/aromatic N) is 4. The van der Waals surface area contributed by atoms with Gasteiger partial charge < -0.3 is 4.74 Å². The Bertz CT molecular complexity index is 4630. The molecule has 3 aromatic heterocycles. The van der Waals surface area contributed by atoms with Gasteiger partial charge in [-0.1, -0.05) is 154 Å². The van der Waals surface area contributed by atoms with Crippen LogP contribution in [0.1, 0.15) is 65.0 Å². The fourth-order valence-electron chi connectivity index (χ4n) is 10.8. The first kappa shape index (κ1) is 33.0. The van der Waals surface area contributed by atoms with Gasteiger partial charge in [0.15, 0.2) is 0 Å². The zero-order valence-electron chi connectivity index (χ0n) is 52.2. The molecule has 0 saturated heterocycles. The van der Waals surface area contributed by atoms with Crippen LogP contribution in [-0.4, -0.2) is 14.1 Å². The monoisotopic (exact) mass is 955 g/mol. The molecule has 0 spiro atoms. The third-order valence-corrected chi connectivity index (χ3v) is 14.2. The van der Waals surface area contributed by atoms with Crippen LogP contribution in [0.15, 0.2) is 200 Å². The second kappa shape index (κ2) is 16.9. The first-order valence-corrected chi connectivity index (χ1v) is 24.3. The van der Waals surface area contributed by atoms with E-state index in [-0.39, 0.29) is 44.4 Å². The SMILES string of the molecule is [2H]C([2H])([2H])c1cccc(C([2H])([2H])[2H])c1-c1ccc2c(c1)-c1cccc(-c3c(C([2H])([2H])[2H])cccc3C([2H])([2H])[2H])c1-[n+]1[c-]n(-c3cccc(Oc4ccc5c6ccccc6n(-c6cc(C(C)(C)C)ccn6)c5c4)c3)c3cccc(c31)-c1ccccc1-2. The van der Waals surface area contributed by atoms with Gasteiger partial charge in [-0.2, -0.15) is 0 Å². The van der Waals surface area contributed by atoms with Crippen LogP contribution in [0.5, 0.6) is 11.5 Å². The third kappa shape index (κ3) is 7.21. The number of hydrogen-bond donors (Lipinski definition) is 0. The van der Waals surface area contributed by atoms with E-state index in [2.05, 4.69) is 62.0 Å². The summed E-state index contributed by atoms with van der Waals surface area (Å²) in [4.78, 5) is 4.87. The number of rotatable bonds is 6. The molecule has 13 rings (SSSR count). The zero-order chi connectivity index (χ0) is 59.7. The topological polar surface area (TPSA) is 35.9 Å². The molecule has 9 aromatic carbocycles. The third-order valence-electron chi connectivity index (χ3n) is 14.2. The molecule has 0 N–H and O–H groups in total. The molecule has 4 heterocycles. The predicted molar refractivity (Wildman–Crippen MR) is 301 cm³/mol. The largest absolute Gasteiger partial charge is 0.458 e. The Labute approximate surface area is 443 Å². The number of para-hydroxylation sites is 3. The predicted octanol–water partition coefficient (Wildman–Crippen LogP) is 17.2. The molecule has 5 heteroatoms. The van der Waals surface area contributed by atoms with Crippen molar-refractivity contribution >= 4 is 32.8 Å². The zero-order valence-corrected chi connectivity index (χ0v) is 40.2. The minimum atomic E-state index is -2.78. The molecule has 0 radical (unpaired) electrons. The lowest BCUT2D eigenvalue weighted by Gasteiger charge is -2.21. The van der Waals surface area contributed by atoms with Crippen molar-refractivity contribution in [2.24, 2.45) is 0 Å². The summed E-state index contributed by atoms with van der Waals surface area (Å²) in [5.74, 6) is 1.89. The van der Waals surface area contributed by atoms with Crippen molar-refractivity contribution in [3.05, 3.63) is 234 Å². The molecule has 0 atom stereocenters. The van der Waals surface area contributed by atoms with E-state index in [9.17, 15) is 0 Å². The van der Waals surface area contributed by atoms with Gasteiger partial charge in [0.05, 0.1) is 33.4 Å². The van der Waals surface area contributed by atoms with Crippen LogP contribution < -0.4 is 9.30 Å². The van der Waals surface area contributed by atoms with Gasteiger partial charge >= 0.3 is 0 Å². The average molecular weight is 955 g/mol. The number of aromatic nitrogens is 4. The Morgan fingerprint density at radius 2 is 1.11 bits per heavy atom. The maximum absolute atomic E-state index is 8.90. The molecule has 0 bridgehead atoms. The number of fused-ring (bicyclic) bond motifs is 10. The quantitative estimate of drug-likeness (QED) is 0.123. The summed E-state index contributed by atoms with van der Waals surface area (Å²) < 4.78 is 118. The molecular formula is C68H54N4O. The molecule has 0 amide bonds. The van der Waals surface area contributed by atoms with E-state index in [4.69, 9.17) is 26.2 Å². The number of ether oxygens (including phenoxy) is 1. The minimum Gasteiger partial charge on any atom is -0.458 e. The molecule has 0 aliphatic carbocycles. The molecule has 73 heavy (non-hydrogen) atoms. The molecule has 0 saturated carbocycles. The van der Waals surface area contributed by atoms with Gasteiger partial charge in [0.1, 0.15) is 17.3 Å². The minimum absolute atomic E-state index is 0.00498. The van der Waals surface area contributed by atoms with Crippen LogP contribution in [0.3, 0.4) is 0 Å². The standard InChI is InChI=1S/C68H54N4O/c1-42-17-12-18-43(2)64(42)46-31-33-53-51-23-8-9-24-52(51)56-27-16-30-61-67(56)71(66-57(59(53)37-46)26-15-28-58(66)65-44(3)19-13-20-45(65)4)41-70(61)48-21-14-22-49(39-48)73-50-32-34-55-54-25-10-11-29-60(54)72(62(55)40-50)63-38-47(35-36-69-63)68(5,6)7/h8-40H,1-7H3/i1D3,2D3,3D3,4D3. The molecule has 1 aliphatic rings. The van der Waals surface area contributed by atoms with Crippen molar-refractivity contribution in [2.75, 3.05) is 0 Å². The van der Waals surface area contributed by atoms with Crippen LogP contribution in [0.25, 0.3) is 106 Å². The van der Waals surface area contributed by atoms with Gasteiger partial charge in [0, 0.05) is 39.5 Å². The van der Waals surface area contributed by atoms with Crippen molar-refractivity contribution in [1.82, 2.24) is 14.1 Å². The number of benzene rings is 9. The van der Waals surface area contributed by atoms with Gasteiger partial charge in [-0.05, 0) is 171 Å². The summed E-state index contributed by atoms with van der Waals surface area (Å²) in [5.41, 5.74) is 9.33. The normalized spacial score (nSPS) is 15.2. The summed E-state index contributed by atoms with van der Waals surface area (Å²) in [6.45, 7) is -4.45. The van der Waals surface area contributed by atoms with E-state index >= 15 is 0 Å². The summed E-state index contributed by atoms with van der Waals surface area (Å²) in [6, 6.07) is 59.2. The van der Waals surface area contributed by atoms with Crippen molar-refractivity contribution in [2.45, 2.75) is 53.6 Å². The van der Waals surface area contributed by atoms with Gasteiger partial charge in [-0.25, -0.2) is 4.98 Å². The number of hydrogen-bond acceptors (Lipinski definition) is 2. The summed E-state index contributed by atoms with van der Waals surface area (Å²) in [7, 11) is 0. The molecule has 12 aromatic rings. The van der Waals surface area contributed by atoms with Gasteiger partial charge in [-0.3, -0.25) is 13.7 Å². The van der Waals surface area contributed by atoms with Crippen molar-refractivity contribution in [1.29, 1.82) is 0 Å².